The average molecular weight is 271 g/mol. The van der Waals surface area contributed by atoms with Gasteiger partial charge in [-0.05, 0) is 18.2 Å². The summed E-state index contributed by atoms with van der Waals surface area (Å²) in [6, 6.07) is 3.71. The molecule has 0 saturated carbocycles. The van der Waals surface area contributed by atoms with E-state index in [9.17, 15) is 12.8 Å². The van der Waals surface area contributed by atoms with Crippen LogP contribution in [0.2, 0.25) is 0 Å². The lowest BCUT2D eigenvalue weighted by atomic mass is 10.2. The molecule has 0 bridgehead atoms. The van der Waals surface area contributed by atoms with E-state index in [0.717, 1.165) is 12.3 Å². The zero-order valence-electron chi connectivity index (χ0n) is 9.42. The minimum atomic E-state index is -3.24. The third-order valence-electron chi connectivity index (χ3n) is 2.10. The number of sulfone groups is 1. The van der Waals surface area contributed by atoms with Crippen LogP contribution in [0.15, 0.2) is 22.7 Å². The van der Waals surface area contributed by atoms with Crippen LogP contribution in [0.4, 0.5) is 10.1 Å². The number of nitrogens with two attached hydrogens (primary N) is 1. The second-order valence-electron chi connectivity index (χ2n) is 3.82. The molecule has 2 aromatic rings. The summed E-state index contributed by atoms with van der Waals surface area (Å²) < 4.78 is 39.9. The standard InChI is InChI=1S/C10H10FN3O3S/c1-18(15,16)5-9-13-10(17-14-9)7-3-2-6(11)4-8(7)12/h2-4H,5,12H2,1H3. The highest BCUT2D eigenvalue weighted by atomic mass is 32.2. The number of hydrogen-bond donors (Lipinski definition) is 1. The van der Waals surface area contributed by atoms with Crippen molar-refractivity contribution >= 4 is 15.5 Å². The Morgan fingerprint density at radius 3 is 2.78 bits per heavy atom. The molecule has 2 rings (SSSR count). The van der Waals surface area contributed by atoms with Crippen molar-refractivity contribution in [1.29, 1.82) is 0 Å². The minimum absolute atomic E-state index is 0.0382. The fraction of sp³-hybridized carbons (Fsp3) is 0.200. The Balaban J connectivity index is 2.35. The van der Waals surface area contributed by atoms with Gasteiger partial charge in [-0.15, -0.1) is 0 Å². The molecule has 0 fully saturated rings. The van der Waals surface area contributed by atoms with E-state index in [0.29, 0.717) is 5.56 Å². The first-order chi connectivity index (χ1) is 8.35. The van der Waals surface area contributed by atoms with Gasteiger partial charge in [0, 0.05) is 11.9 Å². The topological polar surface area (TPSA) is 99.1 Å². The van der Waals surface area contributed by atoms with Gasteiger partial charge in [-0.25, -0.2) is 12.8 Å². The fourth-order valence-electron chi connectivity index (χ4n) is 1.38. The predicted molar refractivity (Wildman–Crippen MR) is 62.7 cm³/mol. The van der Waals surface area contributed by atoms with Crippen LogP contribution in [0.1, 0.15) is 5.82 Å². The summed E-state index contributed by atoms with van der Waals surface area (Å²) in [5.41, 5.74) is 6.11. The van der Waals surface area contributed by atoms with Gasteiger partial charge in [0.05, 0.1) is 5.56 Å². The SMILES string of the molecule is CS(=O)(=O)Cc1noc(-c2ccc(F)cc2N)n1. The van der Waals surface area contributed by atoms with Crippen LogP contribution in [0.3, 0.4) is 0 Å². The maximum absolute atomic E-state index is 12.9. The van der Waals surface area contributed by atoms with E-state index in [1.54, 1.807) is 0 Å². The van der Waals surface area contributed by atoms with E-state index >= 15 is 0 Å². The van der Waals surface area contributed by atoms with Crippen molar-refractivity contribution in [2.45, 2.75) is 5.75 Å². The van der Waals surface area contributed by atoms with E-state index in [1.165, 1.54) is 12.1 Å². The highest BCUT2D eigenvalue weighted by Gasteiger charge is 2.15. The molecule has 2 N–H and O–H groups in total. The van der Waals surface area contributed by atoms with Crippen molar-refractivity contribution in [3.8, 4) is 11.5 Å². The van der Waals surface area contributed by atoms with Crippen molar-refractivity contribution in [2.75, 3.05) is 12.0 Å². The summed E-state index contributed by atoms with van der Waals surface area (Å²) in [6.45, 7) is 0. The average Bonchev–Trinajstić information content (AvgIpc) is 2.63. The number of nitrogens with zero attached hydrogens (tertiary/aromatic N) is 2. The summed E-state index contributed by atoms with van der Waals surface area (Å²) >= 11 is 0. The molecule has 0 spiro atoms. The lowest BCUT2D eigenvalue weighted by Gasteiger charge is -1.99. The lowest BCUT2D eigenvalue weighted by Crippen LogP contribution is -2.02. The molecular weight excluding hydrogens is 261 g/mol. The van der Waals surface area contributed by atoms with E-state index in [4.69, 9.17) is 10.3 Å². The maximum Gasteiger partial charge on any atom is 0.260 e. The molecule has 0 atom stereocenters. The monoisotopic (exact) mass is 271 g/mol. The van der Waals surface area contributed by atoms with Crippen LogP contribution in [0, 0.1) is 5.82 Å². The van der Waals surface area contributed by atoms with Crippen molar-refractivity contribution in [2.24, 2.45) is 0 Å². The van der Waals surface area contributed by atoms with Gasteiger partial charge in [0.2, 0.25) is 0 Å². The number of aromatic nitrogens is 2. The zero-order chi connectivity index (χ0) is 13.3. The third kappa shape index (κ3) is 2.83. The Labute approximate surface area is 103 Å². The smallest absolute Gasteiger partial charge is 0.260 e. The number of anilines is 1. The Kier molecular flexibility index (Phi) is 3.04. The van der Waals surface area contributed by atoms with Crippen molar-refractivity contribution in [3.05, 3.63) is 29.8 Å². The van der Waals surface area contributed by atoms with Crippen LogP contribution in [-0.4, -0.2) is 24.8 Å². The number of hydrogen-bond acceptors (Lipinski definition) is 6. The number of nitrogen functional groups attached to an aromatic ring is 1. The van der Waals surface area contributed by atoms with Gasteiger partial charge < -0.3 is 10.3 Å². The molecule has 1 aromatic heterocycles. The molecule has 6 nitrogen and oxygen atoms in total. The van der Waals surface area contributed by atoms with E-state index in [1.807, 2.05) is 0 Å². The number of halogens is 1. The molecule has 0 aliphatic rings. The molecule has 0 saturated heterocycles. The minimum Gasteiger partial charge on any atom is -0.398 e. The van der Waals surface area contributed by atoms with Crippen molar-refractivity contribution in [3.63, 3.8) is 0 Å². The molecule has 18 heavy (non-hydrogen) atoms. The van der Waals surface area contributed by atoms with Crippen LogP contribution < -0.4 is 5.73 Å². The predicted octanol–water partition coefficient (Wildman–Crippen LogP) is 1.00. The molecule has 1 aromatic carbocycles. The van der Waals surface area contributed by atoms with E-state index < -0.39 is 15.7 Å². The summed E-state index contributed by atoms with van der Waals surface area (Å²) in [4.78, 5) is 3.90. The molecule has 1 heterocycles. The molecule has 0 unspecified atom stereocenters. The van der Waals surface area contributed by atoms with E-state index in [2.05, 4.69) is 10.1 Å². The number of rotatable bonds is 3. The van der Waals surface area contributed by atoms with Gasteiger partial charge in [0.1, 0.15) is 11.6 Å². The summed E-state index contributed by atoms with van der Waals surface area (Å²) in [7, 11) is -3.24. The first kappa shape index (κ1) is 12.5. The Morgan fingerprint density at radius 2 is 2.17 bits per heavy atom. The van der Waals surface area contributed by atoms with Gasteiger partial charge >= 0.3 is 0 Å². The summed E-state index contributed by atoms with van der Waals surface area (Å²) in [5, 5.41) is 3.53. The van der Waals surface area contributed by atoms with Gasteiger partial charge in [0.15, 0.2) is 15.7 Å². The normalized spacial score (nSPS) is 11.7. The van der Waals surface area contributed by atoms with Crippen molar-refractivity contribution < 1.29 is 17.3 Å². The maximum atomic E-state index is 12.9. The van der Waals surface area contributed by atoms with Gasteiger partial charge in [-0.1, -0.05) is 5.16 Å². The molecule has 0 aliphatic heterocycles. The van der Waals surface area contributed by atoms with Crippen LogP contribution >= 0.6 is 0 Å². The Morgan fingerprint density at radius 1 is 1.44 bits per heavy atom. The molecule has 96 valence electrons. The molecule has 8 heteroatoms. The molecular formula is C10H10FN3O3S. The summed E-state index contributed by atoms with van der Waals surface area (Å²) in [6.07, 6.45) is 1.06. The molecule has 0 amide bonds. The Hall–Kier alpha value is -1.96. The van der Waals surface area contributed by atoms with Gasteiger partial charge in [-0.2, -0.15) is 4.98 Å². The highest BCUT2D eigenvalue weighted by Crippen LogP contribution is 2.25. The van der Waals surface area contributed by atoms with E-state index in [-0.39, 0.29) is 23.2 Å². The largest absolute Gasteiger partial charge is 0.398 e. The third-order valence-corrected chi connectivity index (χ3v) is 2.89. The van der Waals surface area contributed by atoms with Gasteiger partial charge in [-0.3, -0.25) is 0 Å². The number of benzene rings is 1. The fourth-order valence-corrected chi connectivity index (χ4v) is 1.97. The molecule has 0 radical (unpaired) electrons. The Bertz CT molecular complexity index is 681. The first-order valence-electron chi connectivity index (χ1n) is 4.91. The summed E-state index contributed by atoms with van der Waals surface area (Å²) in [5.74, 6) is -0.702. The first-order valence-corrected chi connectivity index (χ1v) is 6.97. The quantitative estimate of drug-likeness (QED) is 0.836. The second-order valence-corrected chi connectivity index (χ2v) is 5.96. The zero-order valence-corrected chi connectivity index (χ0v) is 10.2. The van der Waals surface area contributed by atoms with Crippen LogP contribution in [0.5, 0.6) is 0 Å². The van der Waals surface area contributed by atoms with Gasteiger partial charge in [0.25, 0.3) is 5.89 Å². The van der Waals surface area contributed by atoms with Crippen LogP contribution in [-0.2, 0) is 15.6 Å². The highest BCUT2D eigenvalue weighted by molar-refractivity contribution is 7.89. The van der Waals surface area contributed by atoms with Crippen molar-refractivity contribution in [1.82, 2.24) is 10.1 Å². The van der Waals surface area contributed by atoms with Crippen LogP contribution in [0.25, 0.3) is 11.5 Å². The second kappa shape index (κ2) is 4.37. The molecule has 0 aliphatic carbocycles. The lowest BCUT2D eigenvalue weighted by molar-refractivity contribution is 0.424.